The molecule has 0 fully saturated rings. The van der Waals surface area contributed by atoms with Crippen molar-refractivity contribution in [2.24, 2.45) is 0 Å². The van der Waals surface area contributed by atoms with Gasteiger partial charge in [-0.1, -0.05) is 30.0 Å². The average molecular weight is 416 g/mol. The Kier molecular flexibility index (Phi) is 5.51. The second-order valence-corrected chi connectivity index (χ2v) is 8.67. The summed E-state index contributed by atoms with van der Waals surface area (Å²) in [6.45, 7) is 3.26. The third-order valence-electron chi connectivity index (χ3n) is 3.88. The van der Waals surface area contributed by atoms with E-state index in [1.54, 1.807) is 22.7 Å². The Balaban J connectivity index is 1.35. The maximum absolute atomic E-state index is 12.2. The number of thiazole rings is 1. The van der Waals surface area contributed by atoms with Crippen molar-refractivity contribution in [3.8, 4) is 10.7 Å². The second kappa shape index (κ2) is 8.20. The highest BCUT2D eigenvalue weighted by Crippen LogP contribution is 2.27. The quantitative estimate of drug-likeness (QED) is 0.461. The molecule has 1 N–H and O–H groups in total. The van der Waals surface area contributed by atoms with Crippen molar-refractivity contribution in [1.82, 2.24) is 25.1 Å². The van der Waals surface area contributed by atoms with Crippen molar-refractivity contribution in [3.05, 3.63) is 46.8 Å². The second-order valence-electron chi connectivity index (χ2n) is 5.67. The molecule has 0 aliphatic carbocycles. The van der Waals surface area contributed by atoms with E-state index in [1.165, 1.54) is 11.8 Å². The van der Waals surface area contributed by atoms with Gasteiger partial charge < -0.3 is 9.88 Å². The zero-order valence-electron chi connectivity index (χ0n) is 14.6. The first kappa shape index (κ1) is 18.1. The Labute approximate surface area is 168 Å². The van der Waals surface area contributed by atoms with Crippen molar-refractivity contribution in [2.75, 3.05) is 5.75 Å². The van der Waals surface area contributed by atoms with Gasteiger partial charge >= 0.3 is 0 Å². The van der Waals surface area contributed by atoms with E-state index in [2.05, 4.69) is 27.4 Å². The number of hydrogen-bond acceptors (Lipinski definition) is 7. The summed E-state index contributed by atoms with van der Waals surface area (Å²) in [7, 11) is 0. The zero-order valence-corrected chi connectivity index (χ0v) is 17.0. The molecule has 3 heterocycles. The van der Waals surface area contributed by atoms with E-state index in [4.69, 9.17) is 0 Å². The van der Waals surface area contributed by atoms with Gasteiger partial charge in [-0.25, -0.2) is 4.98 Å². The molecule has 27 heavy (non-hydrogen) atoms. The van der Waals surface area contributed by atoms with Crippen LogP contribution in [0, 0.1) is 0 Å². The number of benzene rings is 1. The molecule has 4 aromatic rings. The zero-order chi connectivity index (χ0) is 18.6. The molecule has 9 heteroatoms. The highest BCUT2D eigenvalue weighted by atomic mass is 32.2. The fraction of sp³-hybridized carbons (Fsp3) is 0.222. The Morgan fingerprint density at radius 3 is 2.89 bits per heavy atom. The molecule has 0 spiro atoms. The number of aromatic nitrogens is 4. The molecule has 138 valence electrons. The Morgan fingerprint density at radius 1 is 1.22 bits per heavy atom. The van der Waals surface area contributed by atoms with Crippen LogP contribution in [0.15, 0.2) is 46.9 Å². The summed E-state index contributed by atoms with van der Waals surface area (Å²) in [5.41, 5.74) is 0.971. The molecule has 1 amide bonds. The molecule has 0 aliphatic rings. The fourth-order valence-corrected chi connectivity index (χ4v) is 5.08. The fourth-order valence-electron chi connectivity index (χ4n) is 2.62. The van der Waals surface area contributed by atoms with E-state index in [-0.39, 0.29) is 5.91 Å². The number of thiophene rings is 1. The van der Waals surface area contributed by atoms with Crippen LogP contribution in [0.5, 0.6) is 0 Å². The topological polar surface area (TPSA) is 72.7 Å². The monoisotopic (exact) mass is 415 g/mol. The number of fused-ring (bicyclic) bond motifs is 1. The number of rotatable bonds is 7. The van der Waals surface area contributed by atoms with Crippen LogP contribution in [0.2, 0.25) is 0 Å². The van der Waals surface area contributed by atoms with Gasteiger partial charge in [-0.2, -0.15) is 0 Å². The lowest BCUT2D eigenvalue weighted by Gasteiger charge is -2.06. The van der Waals surface area contributed by atoms with Gasteiger partial charge in [0.25, 0.3) is 0 Å². The lowest BCUT2D eigenvalue weighted by Crippen LogP contribution is -2.24. The molecular weight excluding hydrogens is 398 g/mol. The number of carbonyl (C=O) groups is 1. The van der Waals surface area contributed by atoms with Crippen LogP contribution in [0.1, 0.15) is 11.9 Å². The highest BCUT2D eigenvalue weighted by Gasteiger charge is 2.15. The molecule has 0 atom stereocenters. The van der Waals surface area contributed by atoms with E-state index in [0.29, 0.717) is 12.3 Å². The number of thioether (sulfide) groups is 1. The summed E-state index contributed by atoms with van der Waals surface area (Å²) in [6.07, 6.45) is 0. The van der Waals surface area contributed by atoms with Crippen molar-refractivity contribution in [3.63, 3.8) is 0 Å². The molecule has 0 radical (unpaired) electrons. The Bertz CT molecular complexity index is 1020. The molecule has 0 unspecified atom stereocenters. The molecular formula is C18H17N5OS3. The number of carbonyl (C=O) groups excluding carboxylic acids is 1. The maximum Gasteiger partial charge on any atom is 0.230 e. The van der Waals surface area contributed by atoms with Crippen molar-refractivity contribution >= 4 is 50.6 Å². The smallest absolute Gasteiger partial charge is 0.230 e. The van der Waals surface area contributed by atoms with Gasteiger partial charge in [0, 0.05) is 6.54 Å². The normalized spacial score (nSPS) is 11.1. The Hall–Kier alpha value is -2.23. The lowest BCUT2D eigenvalue weighted by atomic mass is 10.3. The van der Waals surface area contributed by atoms with Gasteiger partial charge in [0.1, 0.15) is 5.01 Å². The first-order chi connectivity index (χ1) is 13.2. The number of hydrogen-bond donors (Lipinski definition) is 1. The molecule has 0 bridgehead atoms. The van der Waals surface area contributed by atoms with Gasteiger partial charge in [-0.3, -0.25) is 4.79 Å². The van der Waals surface area contributed by atoms with Crippen LogP contribution in [0.3, 0.4) is 0 Å². The van der Waals surface area contributed by atoms with Crippen molar-refractivity contribution in [1.29, 1.82) is 0 Å². The van der Waals surface area contributed by atoms with Crippen LogP contribution in [-0.4, -0.2) is 31.4 Å². The number of para-hydroxylation sites is 1. The minimum Gasteiger partial charge on any atom is -0.349 e. The summed E-state index contributed by atoms with van der Waals surface area (Å²) in [6, 6.07) is 12.0. The molecule has 0 saturated carbocycles. The Morgan fingerprint density at radius 2 is 2.11 bits per heavy atom. The third kappa shape index (κ3) is 4.05. The van der Waals surface area contributed by atoms with Crippen LogP contribution in [0.25, 0.3) is 20.9 Å². The molecule has 0 aliphatic heterocycles. The predicted molar refractivity (Wildman–Crippen MR) is 111 cm³/mol. The first-order valence-electron chi connectivity index (χ1n) is 8.45. The molecule has 1 aromatic carbocycles. The highest BCUT2D eigenvalue weighted by molar-refractivity contribution is 7.99. The van der Waals surface area contributed by atoms with Crippen LogP contribution in [-0.2, 0) is 17.9 Å². The van der Waals surface area contributed by atoms with Gasteiger partial charge in [0.15, 0.2) is 11.0 Å². The third-order valence-corrected chi connectivity index (χ3v) is 6.75. The van der Waals surface area contributed by atoms with Gasteiger partial charge in [-0.15, -0.1) is 32.9 Å². The van der Waals surface area contributed by atoms with Crippen LogP contribution < -0.4 is 5.32 Å². The number of nitrogens with zero attached hydrogens (tertiary/aromatic N) is 4. The predicted octanol–water partition coefficient (Wildman–Crippen LogP) is 4.04. The number of nitrogens with one attached hydrogen (secondary N) is 1. The standard InChI is InChI=1S/C18H17N5OS3/c1-2-23-17(14-8-5-9-25-14)21-22-18(23)26-11-15(24)19-10-16-20-12-6-3-4-7-13(12)27-16/h3-9H,2,10-11H2,1H3,(H,19,24). The van der Waals surface area contributed by atoms with Gasteiger partial charge in [-0.05, 0) is 30.5 Å². The maximum atomic E-state index is 12.2. The average Bonchev–Trinajstić information content (AvgIpc) is 3.42. The van der Waals surface area contributed by atoms with E-state index in [0.717, 1.165) is 37.6 Å². The summed E-state index contributed by atoms with van der Waals surface area (Å²) >= 11 is 4.64. The molecule has 6 nitrogen and oxygen atoms in total. The van der Waals surface area contributed by atoms with E-state index < -0.39 is 0 Å². The van der Waals surface area contributed by atoms with Crippen LogP contribution >= 0.6 is 34.4 Å². The molecule has 4 rings (SSSR count). The van der Waals surface area contributed by atoms with Gasteiger partial charge in [0.05, 0.1) is 27.4 Å². The van der Waals surface area contributed by atoms with E-state index in [9.17, 15) is 4.79 Å². The minimum atomic E-state index is -0.0393. The summed E-state index contributed by atoms with van der Waals surface area (Å²) < 4.78 is 3.17. The minimum absolute atomic E-state index is 0.0393. The van der Waals surface area contributed by atoms with E-state index >= 15 is 0 Å². The summed E-state index contributed by atoms with van der Waals surface area (Å²) in [4.78, 5) is 17.8. The first-order valence-corrected chi connectivity index (χ1v) is 11.1. The molecule has 3 aromatic heterocycles. The number of amides is 1. The lowest BCUT2D eigenvalue weighted by molar-refractivity contribution is -0.118. The van der Waals surface area contributed by atoms with Crippen molar-refractivity contribution < 1.29 is 4.79 Å². The summed E-state index contributed by atoms with van der Waals surface area (Å²) in [5.74, 6) is 1.11. The van der Waals surface area contributed by atoms with Gasteiger partial charge in [0.2, 0.25) is 5.91 Å². The van der Waals surface area contributed by atoms with Crippen LogP contribution in [0.4, 0.5) is 0 Å². The van der Waals surface area contributed by atoms with E-state index in [1.807, 2.05) is 46.3 Å². The SMILES string of the molecule is CCn1c(SCC(=O)NCc2nc3ccccc3s2)nnc1-c1cccs1. The van der Waals surface area contributed by atoms with Crippen molar-refractivity contribution in [2.45, 2.75) is 25.2 Å². The molecule has 0 saturated heterocycles. The summed E-state index contributed by atoms with van der Waals surface area (Å²) in [5, 5.41) is 15.2. The largest absolute Gasteiger partial charge is 0.349 e.